The van der Waals surface area contributed by atoms with Crippen molar-refractivity contribution < 1.29 is 23.1 Å². The van der Waals surface area contributed by atoms with E-state index in [-0.39, 0.29) is 11.3 Å². The largest absolute Gasteiger partial charge is 0.494 e. The van der Waals surface area contributed by atoms with Crippen molar-refractivity contribution in [2.75, 3.05) is 6.61 Å². The third kappa shape index (κ3) is 4.50. The van der Waals surface area contributed by atoms with Crippen LogP contribution in [0, 0.1) is 0 Å². The van der Waals surface area contributed by atoms with Gasteiger partial charge in [-0.2, -0.15) is 4.72 Å². The second-order valence-electron chi connectivity index (χ2n) is 4.24. The zero-order valence-electron chi connectivity index (χ0n) is 11.5. The molecule has 0 saturated heterocycles. The second-order valence-corrected chi connectivity index (χ2v) is 5.95. The van der Waals surface area contributed by atoms with Crippen LogP contribution in [0.5, 0.6) is 5.75 Å². The van der Waals surface area contributed by atoms with E-state index < -0.39 is 22.0 Å². The lowest BCUT2D eigenvalue weighted by molar-refractivity contribution is -0.139. The van der Waals surface area contributed by atoms with E-state index in [1.165, 1.54) is 12.1 Å². The van der Waals surface area contributed by atoms with Gasteiger partial charge in [0.2, 0.25) is 10.0 Å². The molecule has 0 saturated carbocycles. The molecule has 0 radical (unpaired) electrons. The Kier molecular flexibility index (Phi) is 5.97. The van der Waals surface area contributed by atoms with Gasteiger partial charge in [-0.25, -0.2) is 8.42 Å². The molecule has 1 aromatic rings. The molecule has 0 spiro atoms. The van der Waals surface area contributed by atoms with Gasteiger partial charge < -0.3 is 9.84 Å². The zero-order valence-corrected chi connectivity index (χ0v) is 12.3. The Hall–Kier alpha value is -1.60. The SMILES string of the molecule is CCCOc1ccc(S(=O)(=O)N[C@H](CC)C(=O)O)cc1. The Morgan fingerprint density at radius 3 is 2.35 bits per heavy atom. The van der Waals surface area contributed by atoms with E-state index in [9.17, 15) is 13.2 Å². The number of nitrogens with one attached hydrogen (secondary N) is 1. The van der Waals surface area contributed by atoms with E-state index in [1.54, 1.807) is 19.1 Å². The van der Waals surface area contributed by atoms with Crippen LogP contribution in [0.1, 0.15) is 26.7 Å². The van der Waals surface area contributed by atoms with E-state index in [4.69, 9.17) is 9.84 Å². The van der Waals surface area contributed by atoms with Crippen LogP contribution in [0.3, 0.4) is 0 Å². The number of carboxylic acid groups (broad SMARTS) is 1. The molecule has 7 heteroatoms. The summed E-state index contributed by atoms with van der Waals surface area (Å²) in [6.07, 6.45) is 1.03. The Morgan fingerprint density at radius 2 is 1.90 bits per heavy atom. The number of carboxylic acids is 1. The summed E-state index contributed by atoms with van der Waals surface area (Å²) in [4.78, 5) is 10.9. The molecular weight excluding hydrogens is 282 g/mol. The third-order valence-corrected chi connectivity index (χ3v) is 4.10. The molecule has 1 atom stereocenters. The van der Waals surface area contributed by atoms with Gasteiger partial charge >= 0.3 is 5.97 Å². The lowest BCUT2D eigenvalue weighted by Crippen LogP contribution is -2.40. The number of hydrogen-bond donors (Lipinski definition) is 2. The van der Waals surface area contributed by atoms with Gasteiger partial charge in [-0.05, 0) is 37.1 Å². The maximum Gasteiger partial charge on any atom is 0.321 e. The van der Waals surface area contributed by atoms with Gasteiger partial charge in [0.15, 0.2) is 0 Å². The summed E-state index contributed by atoms with van der Waals surface area (Å²) in [6, 6.07) is 4.75. The summed E-state index contributed by atoms with van der Waals surface area (Å²) in [7, 11) is -3.84. The molecule has 6 nitrogen and oxygen atoms in total. The first-order valence-electron chi connectivity index (χ1n) is 6.38. The highest BCUT2D eigenvalue weighted by atomic mass is 32.2. The Morgan fingerprint density at radius 1 is 1.30 bits per heavy atom. The quantitative estimate of drug-likeness (QED) is 0.761. The highest BCUT2D eigenvalue weighted by molar-refractivity contribution is 7.89. The van der Waals surface area contributed by atoms with Crippen LogP contribution < -0.4 is 9.46 Å². The van der Waals surface area contributed by atoms with Crippen LogP contribution >= 0.6 is 0 Å². The molecule has 0 aliphatic carbocycles. The fourth-order valence-electron chi connectivity index (χ4n) is 1.50. The van der Waals surface area contributed by atoms with Crippen LogP contribution in [-0.2, 0) is 14.8 Å². The minimum Gasteiger partial charge on any atom is -0.494 e. The molecule has 0 amide bonds. The highest BCUT2D eigenvalue weighted by Crippen LogP contribution is 2.16. The van der Waals surface area contributed by atoms with Crippen LogP contribution in [0.2, 0.25) is 0 Å². The van der Waals surface area contributed by atoms with E-state index in [1.807, 2.05) is 6.92 Å². The lowest BCUT2D eigenvalue weighted by Gasteiger charge is -2.13. The lowest BCUT2D eigenvalue weighted by atomic mass is 10.2. The minimum atomic E-state index is -3.84. The average molecular weight is 301 g/mol. The summed E-state index contributed by atoms with van der Waals surface area (Å²) in [5, 5.41) is 8.88. The third-order valence-electron chi connectivity index (χ3n) is 2.61. The molecule has 0 bridgehead atoms. The number of benzene rings is 1. The van der Waals surface area contributed by atoms with E-state index in [2.05, 4.69) is 4.72 Å². The maximum atomic E-state index is 12.0. The monoisotopic (exact) mass is 301 g/mol. The topological polar surface area (TPSA) is 92.7 Å². The summed E-state index contributed by atoms with van der Waals surface area (Å²) >= 11 is 0. The summed E-state index contributed by atoms with van der Waals surface area (Å²) in [5.74, 6) is -0.616. The van der Waals surface area contributed by atoms with E-state index >= 15 is 0 Å². The molecule has 0 aromatic heterocycles. The van der Waals surface area contributed by atoms with Gasteiger partial charge in [0.1, 0.15) is 11.8 Å². The first-order chi connectivity index (χ1) is 9.40. The summed E-state index contributed by atoms with van der Waals surface area (Å²) in [6.45, 7) is 4.13. The van der Waals surface area contributed by atoms with Gasteiger partial charge in [0.05, 0.1) is 11.5 Å². The van der Waals surface area contributed by atoms with Crippen molar-refractivity contribution in [1.82, 2.24) is 4.72 Å². The summed E-state index contributed by atoms with van der Waals surface area (Å²) in [5.41, 5.74) is 0. The highest BCUT2D eigenvalue weighted by Gasteiger charge is 2.23. The van der Waals surface area contributed by atoms with Gasteiger partial charge in [0.25, 0.3) is 0 Å². The molecule has 112 valence electrons. The molecule has 0 fully saturated rings. The standard InChI is InChI=1S/C13H19NO5S/c1-3-9-19-10-5-7-11(8-6-10)20(17,18)14-12(4-2)13(15)16/h5-8,12,14H,3-4,9H2,1-2H3,(H,15,16)/t12-/m1/s1. The number of ether oxygens (including phenoxy) is 1. The predicted octanol–water partition coefficient (Wildman–Crippen LogP) is 1.62. The van der Waals surface area contributed by atoms with Crippen molar-refractivity contribution in [2.45, 2.75) is 37.6 Å². The van der Waals surface area contributed by atoms with Crippen molar-refractivity contribution in [3.63, 3.8) is 0 Å². The summed E-state index contributed by atoms with van der Waals surface area (Å²) < 4.78 is 31.5. The molecule has 1 rings (SSSR count). The molecular formula is C13H19NO5S. The van der Waals surface area contributed by atoms with Crippen molar-refractivity contribution in [2.24, 2.45) is 0 Å². The van der Waals surface area contributed by atoms with Crippen molar-refractivity contribution in [3.05, 3.63) is 24.3 Å². The van der Waals surface area contributed by atoms with Crippen LogP contribution in [0.15, 0.2) is 29.2 Å². The normalized spacial score (nSPS) is 12.9. The first kappa shape index (κ1) is 16.5. The van der Waals surface area contributed by atoms with Crippen molar-refractivity contribution >= 4 is 16.0 Å². The van der Waals surface area contributed by atoms with Gasteiger partial charge in [0, 0.05) is 0 Å². The fraction of sp³-hybridized carbons (Fsp3) is 0.462. The van der Waals surface area contributed by atoms with E-state index in [0.717, 1.165) is 6.42 Å². The van der Waals surface area contributed by atoms with Crippen LogP contribution in [-0.4, -0.2) is 32.1 Å². The number of sulfonamides is 1. The van der Waals surface area contributed by atoms with Gasteiger partial charge in [-0.15, -0.1) is 0 Å². The molecule has 0 unspecified atom stereocenters. The minimum absolute atomic E-state index is 0.0149. The van der Waals surface area contributed by atoms with Crippen LogP contribution in [0.25, 0.3) is 0 Å². The number of aliphatic carboxylic acids is 1. The molecule has 20 heavy (non-hydrogen) atoms. The maximum absolute atomic E-state index is 12.0. The Labute approximate surface area is 118 Å². The molecule has 0 aliphatic heterocycles. The zero-order chi connectivity index (χ0) is 15.2. The molecule has 1 aromatic carbocycles. The second kappa shape index (κ2) is 7.25. The Balaban J connectivity index is 2.84. The first-order valence-corrected chi connectivity index (χ1v) is 7.87. The van der Waals surface area contributed by atoms with E-state index in [0.29, 0.717) is 12.4 Å². The smallest absolute Gasteiger partial charge is 0.321 e. The number of carbonyl (C=O) groups is 1. The number of hydrogen-bond acceptors (Lipinski definition) is 4. The number of rotatable bonds is 8. The molecule has 2 N–H and O–H groups in total. The average Bonchev–Trinajstić information content (AvgIpc) is 2.42. The van der Waals surface area contributed by atoms with Crippen molar-refractivity contribution in [3.8, 4) is 5.75 Å². The van der Waals surface area contributed by atoms with Gasteiger partial charge in [-0.3, -0.25) is 4.79 Å². The predicted molar refractivity (Wildman–Crippen MR) is 74.3 cm³/mol. The van der Waals surface area contributed by atoms with Gasteiger partial charge in [-0.1, -0.05) is 13.8 Å². The fourth-order valence-corrected chi connectivity index (χ4v) is 2.77. The van der Waals surface area contributed by atoms with Crippen LogP contribution in [0.4, 0.5) is 0 Å². The Bertz CT molecular complexity index is 538. The van der Waals surface area contributed by atoms with Crippen molar-refractivity contribution in [1.29, 1.82) is 0 Å². The molecule has 0 aliphatic rings. The molecule has 0 heterocycles.